The average molecular weight is 632 g/mol. The van der Waals surface area contributed by atoms with E-state index in [9.17, 15) is 0 Å². The van der Waals surface area contributed by atoms with Crippen molar-refractivity contribution in [2.75, 3.05) is 4.90 Å². The number of anilines is 3. The summed E-state index contributed by atoms with van der Waals surface area (Å²) < 4.78 is 6.46. The van der Waals surface area contributed by atoms with Crippen LogP contribution < -0.4 is 4.90 Å². The Morgan fingerprint density at radius 2 is 1.10 bits per heavy atom. The largest absolute Gasteiger partial charge is 0.456 e. The Kier molecular flexibility index (Phi) is 6.64. The zero-order chi connectivity index (χ0) is 33.3. The maximum Gasteiger partial charge on any atom is 0.137 e. The van der Waals surface area contributed by atoms with Gasteiger partial charge in [-0.15, -0.1) is 0 Å². The molecule has 0 radical (unpaired) electrons. The van der Waals surface area contributed by atoms with E-state index in [4.69, 9.17) is 4.42 Å². The van der Waals surface area contributed by atoms with Gasteiger partial charge < -0.3 is 9.32 Å². The Morgan fingerprint density at radius 1 is 0.449 bits per heavy atom. The van der Waals surface area contributed by atoms with Gasteiger partial charge in [-0.05, 0) is 95.3 Å². The number of hydrogen-bond donors (Lipinski definition) is 0. The summed E-state index contributed by atoms with van der Waals surface area (Å²) in [5, 5.41) is 2.26. The molecule has 0 aliphatic heterocycles. The predicted octanol–water partition coefficient (Wildman–Crippen LogP) is 13.3. The summed E-state index contributed by atoms with van der Waals surface area (Å²) in [6.07, 6.45) is 0. The summed E-state index contributed by atoms with van der Waals surface area (Å²) in [6, 6.07) is 55.4. The summed E-state index contributed by atoms with van der Waals surface area (Å²) in [7, 11) is 0. The number of rotatable bonds is 5. The Hall–Kier alpha value is -5.86. The van der Waals surface area contributed by atoms with Gasteiger partial charge in [0, 0.05) is 39.2 Å². The molecule has 236 valence electrons. The number of furan rings is 1. The maximum atomic E-state index is 6.46. The number of nitrogens with zero attached hydrogens (tertiary/aromatic N) is 1. The molecule has 8 aromatic rings. The van der Waals surface area contributed by atoms with E-state index in [-0.39, 0.29) is 5.41 Å². The highest BCUT2D eigenvalue weighted by atomic mass is 16.3. The molecule has 0 saturated carbocycles. The predicted molar refractivity (Wildman–Crippen MR) is 206 cm³/mol. The molecule has 0 fully saturated rings. The molecule has 0 amide bonds. The van der Waals surface area contributed by atoms with Crippen LogP contribution >= 0.6 is 0 Å². The molecule has 1 aliphatic rings. The van der Waals surface area contributed by atoms with Crippen molar-refractivity contribution in [2.24, 2.45) is 0 Å². The SMILES string of the molecule is Cc1cccc(-c2ccc(N(c3ccc4c(c3)C(C)(C)c3ccccc3-4)c3ccc4c(c3)oc3ccccc34)c(-c3cccc(C)c3)c2)c1. The van der Waals surface area contributed by atoms with E-state index >= 15 is 0 Å². The van der Waals surface area contributed by atoms with Gasteiger partial charge >= 0.3 is 0 Å². The van der Waals surface area contributed by atoms with E-state index in [1.165, 1.54) is 55.6 Å². The Morgan fingerprint density at radius 3 is 1.94 bits per heavy atom. The van der Waals surface area contributed by atoms with Crippen LogP contribution in [0.5, 0.6) is 0 Å². The summed E-state index contributed by atoms with van der Waals surface area (Å²) in [5.41, 5.74) is 17.6. The van der Waals surface area contributed by atoms with Gasteiger partial charge in [0.15, 0.2) is 0 Å². The van der Waals surface area contributed by atoms with Crippen LogP contribution in [-0.2, 0) is 5.41 Å². The second kappa shape index (κ2) is 11.1. The minimum atomic E-state index is -0.120. The van der Waals surface area contributed by atoms with Crippen LogP contribution in [0.15, 0.2) is 156 Å². The van der Waals surface area contributed by atoms with Gasteiger partial charge in [0.2, 0.25) is 0 Å². The van der Waals surface area contributed by atoms with E-state index in [0.29, 0.717) is 0 Å². The molecule has 0 saturated heterocycles. The zero-order valence-corrected chi connectivity index (χ0v) is 28.3. The third-order valence-corrected chi connectivity index (χ3v) is 10.4. The maximum absolute atomic E-state index is 6.46. The van der Waals surface area contributed by atoms with Crippen LogP contribution in [0, 0.1) is 13.8 Å². The standard InChI is InChI=1S/C47H37NO/c1-30-11-9-13-32(25-30)33-19-24-44(41(27-33)34-14-10-12-31(2)26-34)48(36-21-23-40-39-16-6-8-18-45(39)49-46(40)29-36)35-20-22-38-37-15-5-7-17-42(37)47(3,4)43(38)28-35/h5-29H,1-4H3. The number of fused-ring (bicyclic) bond motifs is 6. The second-order valence-corrected chi connectivity index (χ2v) is 14.0. The lowest BCUT2D eigenvalue weighted by molar-refractivity contribution is 0.660. The third kappa shape index (κ3) is 4.78. The van der Waals surface area contributed by atoms with Crippen LogP contribution in [0.25, 0.3) is 55.3 Å². The van der Waals surface area contributed by atoms with Gasteiger partial charge in [0.1, 0.15) is 11.2 Å². The fourth-order valence-electron chi connectivity index (χ4n) is 7.89. The number of benzene rings is 7. The van der Waals surface area contributed by atoms with Gasteiger partial charge in [-0.3, -0.25) is 0 Å². The minimum absolute atomic E-state index is 0.120. The van der Waals surface area contributed by atoms with Crippen LogP contribution in [0.2, 0.25) is 0 Å². The van der Waals surface area contributed by atoms with Gasteiger partial charge in [-0.25, -0.2) is 0 Å². The van der Waals surface area contributed by atoms with Crippen molar-refractivity contribution in [1.82, 2.24) is 0 Å². The van der Waals surface area contributed by atoms with Crippen molar-refractivity contribution in [1.29, 1.82) is 0 Å². The molecule has 9 rings (SSSR count). The van der Waals surface area contributed by atoms with Gasteiger partial charge in [0.25, 0.3) is 0 Å². The molecule has 2 nitrogen and oxygen atoms in total. The first-order valence-corrected chi connectivity index (χ1v) is 17.1. The van der Waals surface area contributed by atoms with Gasteiger partial charge in [-0.1, -0.05) is 128 Å². The first-order chi connectivity index (χ1) is 23.8. The molecule has 0 spiro atoms. The highest BCUT2D eigenvalue weighted by Gasteiger charge is 2.36. The number of aryl methyl sites for hydroxylation is 2. The molecule has 1 aliphatic carbocycles. The molecule has 0 atom stereocenters. The Balaban J connectivity index is 1.31. The lowest BCUT2D eigenvalue weighted by atomic mass is 9.82. The monoisotopic (exact) mass is 631 g/mol. The molecule has 7 aromatic carbocycles. The van der Waals surface area contributed by atoms with Crippen molar-refractivity contribution in [3.63, 3.8) is 0 Å². The second-order valence-electron chi connectivity index (χ2n) is 14.0. The lowest BCUT2D eigenvalue weighted by Gasteiger charge is -2.30. The fourth-order valence-corrected chi connectivity index (χ4v) is 7.89. The molecule has 0 N–H and O–H groups in total. The van der Waals surface area contributed by atoms with Crippen LogP contribution in [0.4, 0.5) is 17.1 Å². The summed E-state index contributed by atoms with van der Waals surface area (Å²) in [6.45, 7) is 9.02. The molecule has 1 heterocycles. The normalized spacial score (nSPS) is 13.1. The lowest BCUT2D eigenvalue weighted by Crippen LogP contribution is -2.17. The summed E-state index contributed by atoms with van der Waals surface area (Å²) >= 11 is 0. The van der Waals surface area contributed by atoms with Gasteiger partial charge in [0.05, 0.1) is 5.69 Å². The first-order valence-electron chi connectivity index (χ1n) is 17.1. The number of para-hydroxylation sites is 1. The molecular weight excluding hydrogens is 595 g/mol. The zero-order valence-electron chi connectivity index (χ0n) is 28.3. The average Bonchev–Trinajstić information content (AvgIpc) is 3.60. The van der Waals surface area contributed by atoms with Gasteiger partial charge in [-0.2, -0.15) is 0 Å². The summed E-state index contributed by atoms with van der Waals surface area (Å²) in [5.74, 6) is 0. The van der Waals surface area contributed by atoms with Crippen molar-refractivity contribution < 1.29 is 4.42 Å². The summed E-state index contributed by atoms with van der Waals surface area (Å²) in [4.78, 5) is 2.42. The highest BCUT2D eigenvalue weighted by molar-refractivity contribution is 6.06. The van der Waals surface area contributed by atoms with E-state index in [2.05, 4.69) is 172 Å². The third-order valence-electron chi connectivity index (χ3n) is 10.4. The molecule has 2 heteroatoms. The molecule has 1 aromatic heterocycles. The van der Waals surface area contributed by atoms with Crippen molar-refractivity contribution in [3.05, 3.63) is 174 Å². The van der Waals surface area contributed by atoms with E-state index in [1.54, 1.807) is 0 Å². The van der Waals surface area contributed by atoms with E-state index < -0.39 is 0 Å². The Labute approximate surface area is 287 Å². The molecular formula is C47H37NO. The van der Waals surface area contributed by atoms with E-state index in [1.807, 2.05) is 12.1 Å². The van der Waals surface area contributed by atoms with Crippen molar-refractivity contribution >= 4 is 39.0 Å². The molecule has 0 bridgehead atoms. The van der Waals surface area contributed by atoms with Crippen LogP contribution in [-0.4, -0.2) is 0 Å². The number of hydrogen-bond acceptors (Lipinski definition) is 2. The topological polar surface area (TPSA) is 16.4 Å². The molecule has 49 heavy (non-hydrogen) atoms. The first kappa shape index (κ1) is 29.3. The highest BCUT2D eigenvalue weighted by Crippen LogP contribution is 2.51. The minimum Gasteiger partial charge on any atom is -0.456 e. The quantitative estimate of drug-likeness (QED) is 0.188. The smallest absolute Gasteiger partial charge is 0.137 e. The van der Waals surface area contributed by atoms with Crippen molar-refractivity contribution in [2.45, 2.75) is 33.1 Å². The Bertz CT molecular complexity index is 2570. The fraction of sp³-hybridized carbons (Fsp3) is 0.106. The van der Waals surface area contributed by atoms with Crippen molar-refractivity contribution in [3.8, 4) is 33.4 Å². The van der Waals surface area contributed by atoms with Crippen LogP contribution in [0.3, 0.4) is 0 Å². The van der Waals surface area contributed by atoms with Crippen LogP contribution in [0.1, 0.15) is 36.1 Å². The molecule has 0 unspecified atom stereocenters. The van der Waals surface area contributed by atoms with E-state index in [0.717, 1.165) is 39.0 Å².